The minimum atomic E-state index is -0.630. The summed E-state index contributed by atoms with van der Waals surface area (Å²) in [7, 11) is 1.66. The third-order valence-corrected chi connectivity index (χ3v) is 4.65. The van der Waals surface area contributed by atoms with Crippen LogP contribution in [0.15, 0.2) is 48.7 Å². The molecule has 4 N–H and O–H groups in total. The Bertz CT molecular complexity index is 1210. The minimum Gasteiger partial charge on any atom is -0.385 e. The van der Waals surface area contributed by atoms with Crippen molar-refractivity contribution in [3.05, 3.63) is 54.5 Å². The highest BCUT2D eigenvalue weighted by Gasteiger charge is 2.15. The maximum atomic E-state index is 14.0. The number of benzene rings is 2. The Morgan fingerprint density at radius 3 is 2.77 bits per heavy atom. The smallest absolute Gasteiger partial charge is 0.316 e. The van der Waals surface area contributed by atoms with E-state index in [1.54, 1.807) is 31.5 Å². The van der Waals surface area contributed by atoms with Gasteiger partial charge in [-0.25, -0.2) is 19.2 Å². The average Bonchev–Trinajstić information content (AvgIpc) is 3.17. The SMILES string of the molecule is COCCCNc1nc2ccc(F)cc2n2c(-c3ccc(NC(N)=O)cc3)cnc12. The number of aromatic nitrogens is 3. The summed E-state index contributed by atoms with van der Waals surface area (Å²) in [6.07, 6.45) is 2.53. The molecule has 9 heteroatoms. The maximum Gasteiger partial charge on any atom is 0.316 e. The Hall–Kier alpha value is -3.72. The van der Waals surface area contributed by atoms with Gasteiger partial charge in [-0.1, -0.05) is 12.1 Å². The van der Waals surface area contributed by atoms with Gasteiger partial charge in [-0.2, -0.15) is 0 Å². The second kappa shape index (κ2) is 8.34. The van der Waals surface area contributed by atoms with Crippen molar-refractivity contribution in [2.75, 3.05) is 30.9 Å². The van der Waals surface area contributed by atoms with E-state index < -0.39 is 6.03 Å². The Labute approximate surface area is 171 Å². The lowest BCUT2D eigenvalue weighted by molar-refractivity contribution is 0.198. The molecule has 0 atom stereocenters. The molecule has 2 heterocycles. The number of carbonyl (C=O) groups excluding carboxylic acids is 1. The molecule has 2 amide bonds. The molecular formula is C21H21FN6O2. The Kier molecular flexibility index (Phi) is 5.44. The number of hydrogen-bond acceptors (Lipinski definition) is 5. The van der Waals surface area contributed by atoms with Gasteiger partial charge in [-0.15, -0.1) is 0 Å². The van der Waals surface area contributed by atoms with Crippen LogP contribution in [0.1, 0.15) is 6.42 Å². The molecule has 0 aliphatic carbocycles. The summed E-state index contributed by atoms with van der Waals surface area (Å²) >= 11 is 0. The summed E-state index contributed by atoms with van der Waals surface area (Å²) in [6, 6.07) is 11.0. The molecule has 4 rings (SSSR count). The normalized spacial score (nSPS) is 11.1. The first-order valence-electron chi connectivity index (χ1n) is 9.43. The van der Waals surface area contributed by atoms with Gasteiger partial charge in [0.05, 0.1) is 22.9 Å². The van der Waals surface area contributed by atoms with Crippen LogP contribution < -0.4 is 16.4 Å². The fourth-order valence-corrected chi connectivity index (χ4v) is 3.32. The lowest BCUT2D eigenvalue weighted by atomic mass is 10.1. The molecule has 8 nitrogen and oxygen atoms in total. The van der Waals surface area contributed by atoms with E-state index in [0.717, 1.165) is 17.7 Å². The quantitative estimate of drug-likeness (QED) is 0.405. The minimum absolute atomic E-state index is 0.355. The van der Waals surface area contributed by atoms with E-state index >= 15 is 0 Å². The van der Waals surface area contributed by atoms with Crippen LogP contribution in [0.2, 0.25) is 0 Å². The Balaban J connectivity index is 1.82. The first-order chi connectivity index (χ1) is 14.6. The largest absolute Gasteiger partial charge is 0.385 e. The zero-order chi connectivity index (χ0) is 21.1. The number of hydrogen-bond donors (Lipinski definition) is 3. The zero-order valence-corrected chi connectivity index (χ0v) is 16.4. The monoisotopic (exact) mass is 408 g/mol. The van der Waals surface area contributed by atoms with Gasteiger partial charge in [0.1, 0.15) is 5.82 Å². The predicted molar refractivity (Wildman–Crippen MR) is 114 cm³/mol. The Morgan fingerprint density at radius 2 is 2.03 bits per heavy atom. The topological polar surface area (TPSA) is 107 Å². The van der Waals surface area contributed by atoms with Crippen LogP contribution in [0, 0.1) is 5.82 Å². The van der Waals surface area contributed by atoms with E-state index in [2.05, 4.69) is 20.6 Å². The van der Waals surface area contributed by atoms with E-state index in [1.165, 1.54) is 12.1 Å². The van der Waals surface area contributed by atoms with Gasteiger partial charge in [0, 0.05) is 37.6 Å². The van der Waals surface area contributed by atoms with E-state index in [1.807, 2.05) is 16.5 Å². The number of methoxy groups -OCH3 is 1. The van der Waals surface area contributed by atoms with Crippen molar-refractivity contribution in [1.82, 2.24) is 14.4 Å². The van der Waals surface area contributed by atoms with Crippen LogP contribution in [0.3, 0.4) is 0 Å². The van der Waals surface area contributed by atoms with Crippen molar-refractivity contribution in [3.8, 4) is 11.3 Å². The Morgan fingerprint density at radius 1 is 1.23 bits per heavy atom. The van der Waals surface area contributed by atoms with Crippen molar-refractivity contribution in [3.63, 3.8) is 0 Å². The molecule has 0 spiro atoms. The lowest BCUT2D eigenvalue weighted by Crippen LogP contribution is -2.19. The molecule has 0 fully saturated rings. The van der Waals surface area contributed by atoms with Crippen LogP contribution in [0.5, 0.6) is 0 Å². The van der Waals surface area contributed by atoms with Crippen LogP contribution in [0.4, 0.5) is 20.7 Å². The molecule has 0 bridgehead atoms. The lowest BCUT2D eigenvalue weighted by Gasteiger charge is -2.12. The fraction of sp³-hybridized carbons (Fsp3) is 0.190. The third kappa shape index (κ3) is 3.87. The molecule has 2 aromatic carbocycles. The number of ether oxygens (including phenoxy) is 1. The van der Waals surface area contributed by atoms with Crippen LogP contribution >= 0.6 is 0 Å². The number of fused-ring (bicyclic) bond motifs is 3. The van der Waals surface area contributed by atoms with Crippen LogP contribution in [-0.2, 0) is 4.74 Å². The molecule has 154 valence electrons. The fourth-order valence-electron chi connectivity index (χ4n) is 3.32. The number of nitrogens with two attached hydrogens (primary N) is 1. The maximum absolute atomic E-state index is 14.0. The van der Waals surface area contributed by atoms with Gasteiger partial charge in [0.15, 0.2) is 11.5 Å². The summed E-state index contributed by atoms with van der Waals surface area (Å²) in [4.78, 5) is 20.2. The van der Waals surface area contributed by atoms with Crippen molar-refractivity contribution in [2.45, 2.75) is 6.42 Å². The molecule has 0 unspecified atom stereocenters. The van der Waals surface area contributed by atoms with E-state index in [4.69, 9.17) is 10.5 Å². The third-order valence-electron chi connectivity index (χ3n) is 4.65. The summed E-state index contributed by atoms with van der Waals surface area (Å²) in [6.45, 7) is 1.30. The van der Waals surface area contributed by atoms with Crippen molar-refractivity contribution < 1.29 is 13.9 Å². The summed E-state index contributed by atoms with van der Waals surface area (Å²) in [5.41, 5.74) is 9.21. The van der Waals surface area contributed by atoms with E-state index in [-0.39, 0.29) is 5.82 Å². The summed E-state index contributed by atoms with van der Waals surface area (Å²) in [5, 5.41) is 5.83. The molecule has 0 saturated heterocycles. The van der Waals surface area contributed by atoms with Gasteiger partial charge >= 0.3 is 6.03 Å². The average molecular weight is 408 g/mol. The van der Waals surface area contributed by atoms with E-state index in [0.29, 0.717) is 41.3 Å². The zero-order valence-electron chi connectivity index (χ0n) is 16.4. The molecule has 0 saturated carbocycles. The number of nitrogens with one attached hydrogen (secondary N) is 2. The second-order valence-electron chi connectivity index (χ2n) is 6.74. The molecule has 0 radical (unpaired) electrons. The van der Waals surface area contributed by atoms with E-state index in [9.17, 15) is 9.18 Å². The van der Waals surface area contributed by atoms with Gasteiger partial charge in [-0.3, -0.25) is 4.40 Å². The van der Waals surface area contributed by atoms with Gasteiger partial charge in [0.25, 0.3) is 0 Å². The van der Waals surface area contributed by atoms with Crippen LogP contribution in [0.25, 0.3) is 27.9 Å². The number of urea groups is 1. The van der Waals surface area contributed by atoms with Crippen molar-refractivity contribution >= 4 is 34.2 Å². The highest BCUT2D eigenvalue weighted by molar-refractivity contribution is 5.89. The predicted octanol–water partition coefficient (Wildman–Crippen LogP) is 3.63. The number of amides is 2. The number of anilines is 2. The molecule has 2 aromatic heterocycles. The first kappa shape index (κ1) is 19.6. The van der Waals surface area contributed by atoms with Crippen LogP contribution in [-0.4, -0.2) is 40.7 Å². The summed E-state index contributed by atoms with van der Waals surface area (Å²) in [5.74, 6) is 0.260. The van der Waals surface area contributed by atoms with Gasteiger partial charge in [-0.05, 0) is 30.7 Å². The number of nitrogens with zero attached hydrogens (tertiary/aromatic N) is 3. The van der Waals surface area contributed by atoms with Gasteiger partial charge in [0.2, 0.25) is 0 Å². The van der Waals surface area contributed by atoms with Crippen molar-refractivity contribution in [2.24, 2.45) is 5.73 Å². The molecule has 4 aromatic rings. The van der Waals surface area contributed by atoms with Crippen molar-refractivity contribution in [1.29, 1.82) is 0 Å². The second-order valence-corrected chi connectivity index (χ2v) is 6.74. The highest BCUT2D eigenvalue weighted by Crippen LogP contribution is 2.29. The molecule has 0 aliphatic heterocycles. The number of rotatable bonds is 7. The molecule has 30 heavy (non-hydrogen) atoms. The number of halogens is 1. The number of imidazole rings is 1. The number of carbonyl (C=O) groups is 1. The highest BCUT2D eigenvalue weighted by atomic mass is 19.1. The molecular weight excluding hydrogens is 387 g/mol. The molecule has 0 aliphatic rings. The van der Waals surface area contributed by atoms with Gasteiger partial charge < -0.3 is 21.1 Å². The summed E-state index contributed by atoms with van der Waals surface area (Å²) < 4.78 is 21.0. The number of primary amides is 1. The first-order valence-corrected chi connectivity index (χ1v) is 9.43. The standard InChI is InChI=1S/C21H21FN6O2/c1-30-10-2-9-24-19-20-25-12-18(13-3-6-15(7-4-13)26-21(23)29)28(20)17-11-14(22)5-8-16(17)27-19/h3-8,11-12H,2,9-10H2,1H3,(H,24,27)(H3,23,26,29).